The summed E-state index contributed by atoms with van der Waals surface area (Å²) in [6, 6.07) is 12.2. The van der Waals surface area contributed by atoms with E-state index in [0.29, 0.717) is 11.6 Å². The van der Waals surface area contributed by atoms with Gasteiger partial charge in [-0.2, -0.15) is 9.40 Å². The van der Waals surface area contributed by atoms with Crippen LogP contribution >= 0.6 is 0 Å². The van der Waals surface area contributed by atoms with Crippen LogP contribution in [0.1, 0.15) is 17.0 Å². The summed E-state index contributed by atoms with van der Waals surface area (Å²) in [4.78, 5) is 16.8. The molecule has 0 spiro atoms. The number of carbonyl (C=O) groups excluding carboxylic acids is 1. The van der Waals surface area contributed by atoms with Crippen molar-refractivity contribution in [3.63, 3.8) is 0 Å². The molecule has 0 saturated carbocycles. The number of amides is 1. The smallest absolute Gasteiger partial charge is 0.243 e. The van der Waals surface area contributed by atoms with Crippen molar-refractivity contribution in [3.8, 4) is 17.1 Å². The van der Waals surface area contributed by atoms with Crippen LogP contribution in [0.2, 0.25) is 0 Å². The maximum atomic E-state index is 12.7. The van der Waals surface area contributed by atoms with E-state index in [1.165, 1.54) is 7.05 Å². The monoisotopic (exact) mass is 443 g/mol. The van der Waals surface area contributed by atoms with E-state index in [2.05, 4.69) is 20.5 Å². The Balaban J connectivity index is 1.58. The Hall–Kier alpha value is -3.24. The topological polar surface area (TPSA) is 117 Å². The largest absolute Gasteiger partial charge is 0.497 e. The molecule has 0 unspecified atom stereocenters. The molecule has 10 heteroatoms. The molecule has 9 nitrogen and oxygen atoms in total. The zero-order valence-electron chi connectivity index (χ0n) is 17.8. The Labute approximate surface area is 181 Å². The van der Waals surface area contributed by atoms with E-state index in [9.17, 15) is 13.2 Å². The number of aromatic amines is 1. The fourth-order valence-electron chi connectivity index (χ4n) is 2.82. The van der Waals surface area contributed by atoms with Crippen LogP contribution in [0.4, 0.5) is 0 Å². The maximum absolute atomic E-state index is 12.7. The van der Waals surface area contributed by atoms with Gasteiger partial charge in [0.1, 0.15) is 11.6 Å². The molecular formula is C21H25N5O4S. The zero-order valence-corrected chi connectivity index (χ0v) is 18.7. The normalized spacial score (nSPS) is 11.5. The van der Waals surface area contributed by atoms with Crippen molar-refractivity contribution in [1.29, 1.82) is 0 Å². The number of aromatic nitrogens is 3. The van der Waals surface area contributed by atoms with Crippen molar-refractivity contribution in [3.05, 3.63) is 59.4 Å². The van der Waals surface area contributed by atoms with Crippen molar-refractivity contribution in [2.24, 2.45) is 0 Å². The second-order valence-corrected chi connectivity index (χ2v) is 9.16. The molecule has 1 heterocycles. The highest BCUT2D eigenvalue weighted by molar-refractivity contribution is 7.89. The van der Waals surface area contributed by atoms with Crippen molar-refractivity contribution in [2.45, 2.75) is 25.3 Å². The summed E-state index contributed by atoms with van der Waals surface area (Å²) in [6.45, 7) is 3.54. The minimum Gasteiger partial charge on any atom is -0.497 e. The van der Waals surface area contributed by atoms with E-state index < -0.39 is 15.9 Å². The number of likely N-dealkylation sites (N-methyl/N-ethyl adjacent to an activating group) is 1. The molecule has 0 bridgehead atoms. The van der Waals surface area contributed by atoms with Gasteiger partial charge in [0.2, 0.25) is 15.9 Å². The van der Waals surface area contributed by atoms with Crippen LogP contribution in [-0.4, -0.2) is 54.5 Å². The van der Waals surface area contributed by atoms with Crippen LogP contribution in [-0.2, 0) is 21.4 Å². The number of H-pyrrole nitrogens is 1. The Morgan fingerprint density at radius 2 is 1.84 bits per heavy atom. The molecule has 1 aromatic heterocycles. The van der Waals surface area contributed by atoms with E-state index in [-0.39, 0.29) is 18.0 Å². The summed E-state index contributed by atoms with van der Waals surface area (Å²) >= 11 is 0. The Bertz CT molecular complexity index is 1170. The van der Waals surface area contributed by atoms with Gasteiger partial charge in [0, 0.05) is 12.6 Å². The lowest BCUT2D eigenvalue weighted by atomic mass is 10.1. The van der Waals surface area contributed by atoms with Gasteiger partial charge in [-0.3, -0.25) is 9.89 Å². The molecule has 0 radical (unpaired) electrons. The van der Waals surface area contributed by atoms with Crippen molar-refractivity contribution in [2.75, 3.05) is 20.7 Å². The third-order valence-corrected chi connectivity index (χ3v) is 6.69. The first-order valence-corrected chi connectivity index (χ1v) is 11.0. The highest BCUT2D eigenvalue weighted by Crippen LogP contribution is 2.19. The molecule has 0 aliphatic heterocycles. The average molecular weight is 444 g/mol. The number of sulfonamides is 1. The minimum absolute atomic E-state index is 0.0967. The van der Waals surface area contributed by atoms with Crippen molar-refractivity contribution in [1.82, 2.24) is 24.8 Å². The molecule has 2 aromatic carbocycles. The van der Waals surface area contributed by atoms with Crippen LogP contribution in [0.5, 0.6) is 5.75 Å². The maximum Gasteiger partial charge on any atom is 0.243 e. The van der Waals surface area contributed by atoms with Crippen molar-refractivity contribution < 1.29 is 17.9 Å². The standard InChI is InChI=1S/C21H25N5O4S/c1-14-5-10-18(11-15(14)2)31(28,29)26(3)13-20(27)22-12-19-23-21(25-24-19)16-6-8-17(30-4)9-7-16/h5-11H,12-13H2,1-4H3,(H,22,27)(H,23,24,25). The number of hydrogen-bond donors (Lipinski definition) is 2. The van der Waals surface area contributed by atoms with E-state index in [1.54, 1.807) is 37.4 Å². The van der Waals surface area contributed by atoms with Crippen LogP contribution in [0, 0.1) is 13.8 Å². The van der Waals surface area contributed by atoms with Gasteiger partial charge in [-0.1, -0.05) is 6.07 Å². The molecule has 164 valence electrons. The summed E-state index contributed by atoms with van der Waals surface area (Å²) < 4.78 is 31.6. The summed E-state index contributed by atoms with van der Waals surface area (Å²) in [7, 11) is -0.802. The number of aryl methyl sites for hydroxylation is 2. The fraction of sp³-hybridized carbons (Fsp3) is 0.286. The van der Waals surface area contributed by atoms with E-state index in [1.807, 2.05) is 26.0 Å². The van der Waals surface area contributed by atoms with Crippen LogP contribution in [0.25, 0.3) is 11.4 Å². The van der Waals surface area contributed by atoms with Gasteiger partial charge in [-0.05, 0) is 61.4 Å². The lowest BCUT2D eigenvalue weighted by Gasteiger charge is -2.17. The molecule has 3 rings (SSSR count). The Kier molecular flexibility index (Phi) is 6.71. The number of benzene rings is 2. The molecule has 3 aromatic rings. The Morgan fingerprint density at radius 1 is 1.13 bits per heavy atom. The van der Waals surface area contributed by atoms with Crippen LogP contribution < -0.4 is 10.1 Å². The average Bonchev–Trinajstić information content (AvgIpc) is 3.23. The molecule has 2 N–H and O–H groups in total. The third kappa shape index (κ3) is 5.28. The lowest BCUT2D eigenvalue weighted by Crippen LogP contribution is -2.38. The molecule has 31 heavy (non-hydrogen) atoms. The molecule has 0 aliphatic rings. The van der Waals surface area contributed by atoms with Gasteiger partial charge in [0.25, 0.3) is 0 Å². The van der Waals surface area contributed by atoms with E-state index in [4.69, 9.17) is 4.74 Å². The van der Waals surface area contributed by atoms with Crippen LogP contribution in [0.3, 0.4) is 0 Å². The van der Waals surface area contributed by atoms with Crippen molar-refractivity contribution >= 4 is 15.9 Å². The number of nitrogens with zero attached hydrogens (tertiary/aromatic N) is 3. The van der Waals surface area contributed by atoms with Gasteiger partial charge in [-0.15, -0.1) is 0 Å². The minimum atomic E-state index is -3.77. The number of ether oxygens (including phenoxy) is 1. The number of methoxy groups -OCH3 is 1. The van der Waals surface area contributed by atoms with E-state index in [0.717, 1.165) is 26.7 Å². The second-order valence-electron chi connectivity index (χ2n) is 7.12. The highest BCUT2D eigenvalue weighted by atomic mass is 32.2. The highest BCUT2D eigenvalue weighted by Gasteiger charge is 2.23. The summed E-state index contributed by atoms with van der Waals surface area (Å²) in [5.74, 6) is 1.23. The summed E-state index contributed by atoms with van der Waals surface area (Å²) in [6.07, 6.45) is 0. The van der Waals surface area contributed by atoms with Gasteiger partial charge in [0.15, 0.2) is 5.82 Å². The predicted molar refractivity (Wildman–Crippen MR) is 116 cm³/mol. The number of nitrogens with one attached hydrogen (secondary N) is 2. The van der Waals surface area contributed by atoms with E-state index >= 15 is 0 Å². The molecule has 1 amide bonds. The van der Waals surface area contributed by atoms with Gasteiger partial charge < -0.3 is 10.1 Å². The van der Waals surface area contributed by atoms with Gasteiger partial charge in [-0.25, -0.2) is 13.4 Å². The molecule has 0 saturated heterocycles. The van der Waals surface area contributed by atoms with Crippen LogP contribution in [0.15, 0.2) is 47.4 Å². The molecule has 0 atom stereocenters. The first-order chi connectivity index (χ1) is 14.7. The SMILES string of the molecule is COc1ccc(-c2n[nH]c(CNC(=O)CN(C)S(=O)(=O)c3ccc(C)c(C)c3)n2)cc1. The van der Waals surface area contributed by atoms with Gasteiger partial charge in [0.05, 0.1) is 25.1 Å². The molecule has 0 aliphatic carbocycles. The second kappa shape index (κ2) is 9.27. The third-order valence-electron chi connectivity index (χ3n) is 4.89. The zero-order chi connectivity index (χ0) is 22.6. The first kappa shape index (κ1) is 22.4. The summed E-state index contributed by atoms with van der Waals surface area (Å²) in [5.41, 5.74) is 2.67. The molecular weight excluding hydrogens is 418 g/mol. The number of rotatable bonds is 8. The number of hydrogen-bond acceptors (Lipinski definition) is 6. The molecule has 0 fully saturated rings. The quantitative estimate of drug-likeness (QED) is 0.550. The Morgan fingerprint density at radius 3 is 2.48 bits per heavy atom. The van der Waals surface area contributed by atoms with Gasteiger partial charge >= 0.3 is 0 Å². The number of carbonyl (C=O) groups is 1. The summed E-state index contributed by atoms with van der Waals surface area (Å²) in [5, 5.41) is 9.57. The predicted octanol–water partition coefficient (Wildman–Crippen LogP) is 2.03. The fourth-order valence-corrected chi connectivity index (χ4v) is 4.04. The first-order valence-electron chi connectivity index (χ1n) is 9.56. The lowest BCUT2D eigenvalue weighted by molar-refractivity contribution is -0.121.